The van der Waals surface area contributed by atoms with Gasteiger partial charge >= 0.3 is 0 Å². The molecule has 110 valence electrons. The van der Waals surface area contributed by atoms with Crippen molar-refractivity contribution >= 4 is 15.9 Å². The average Bonchev–Trinajstić information content (AvgIpc) is 3.09. The summed E-state index contributed by atoms with van der Waals surface area (Å²) in [6.07, 6.45) is 6.89. The van der Waals surface area contributed by atoms with Crippen LogP contribution in [0.4, 0.5) is 0 Å². The summed E-state index contributed by atoms with van der Waals surface area (Å²) in [5.41, 5.74) is 1.33. The van der Waals surface area contributed by atoms with Gasteiger partial charge in [0.1, 0.15) is 0 Å². The van der Waals surface area contributed by atoms with Crippen molar-refractivity contribution in [1.82, 2.24) is 0 Å². The fourth-order valence-corrected chi connectivity index (χ4v) is 5.14. The molecule has 2 nitrogen and oxygen atoms in total. The van der Waals surface area contributed by atoms with Crippen LogP contribution in [0.1, 0.15) is 31.2 Å². The fourth-order valence-electron chi connectivity index (χ4n) is 4.12. The monoisotopic (exact) mass is 338 g/mol. The van der Waals surface area contributed by atoms with Crippen LogP contribution in [-0.4, -0.2) is 19.0 Å². The van der Waals surface area contributed by atoms with Gasteiger partial charge in [-0.1, -0.05) is 28.4 Å². The fraction of sp³-hybridized carbons (Fsp3) is 0.647. The number of fused-ring (bicyclic) bond motifs is 2. The quantitative estimate of drug-likeness (QED) is 0.738. The van der Waals surface area contributed by atoms with E-state index >= 15 is 0 Å². The molecule has 3 heteroatoms. The Bertz CT molecular complexity index is 474. The van der Waals surface area contributed by atoms with Gasteiger partial charge in [-0.25, -0.2) is 0 Å². The molecular formula is C17H23BrO2. The Labute approximate surface area is 130 Å². The molecule has 0 heterocycles. The van der Waals surface area contributed by atoms with E-state index in [1.165, 1.54) is 31.2 Å². The maximum atomic E-state index is 5.39. The minimum atomic E-state index is 0.593. The zero-order chi connectivity index (χ0) is 14.1. The molecule has 2 aliphatic rings. The third-order valence-corrected chi connectivity index (χ3v) is 6.14. The van der Waals surface area contributed by atoms with Gasteiger partial charge in [0.15, 0.2) is 11.5 Å². The highest BCUT2D eigenvalue weighted by Crippen LogP contribution is 2.51. The number of hydrogen-bond acceptors (Lipinski definition) is 2. The van der Waals surface area contributed by atoms with E-state index in [-0.39, 0.29) is 0 Å². The van der Waals surface area contributed by atoms with Crippen LogP contribution in [-0.2, 0) is 6.42 Å². The van der Waals surface area contributed by atoms with E-state index in [1.54, 1.807) is 14.2 Å². The Kier molecular flexibility index (Phi) is 4.25. The van der Waals surface area contributed by atoms with Crippen molar-refractivity contribution in [2.24, 2.45) is 17.8 Å². The smallest absolute Gasteiger partial charge is 0.160 e. The van der Waals surface area contributed by atoms with E-state index in [0.29, 0.717) is 4.83 Å². The SMILES string of the molecule is COc1ccc(CC(Br)C2CC3CCC2C3)cc1OC. The molecule has 0 amide bonds. The second-order valence-electron chi connectivity index (χ2n) is 6.25. The molecule has 0 saturated heterocycles. The first-order valence-corrected chi connectivity index (χ1v) is 8.47. The maximum Gasteiger partial charge on any atom is 0.160 e. The van der Waals surface area contributed by atoms with Crippen LogP contribution in [0.25, 0.3) is 0 Å². The average molecular weight is 339 g/mol. The molecule has 2 saturated carbocycles. The summed E-state index contributed by atoms with van der Waals surface area (Å²) >= 11 is 3.95. The van der Waals surface area contributed by atoms with Crippen LogP contribution >= 0.6 is 15.9 Å². The molecule has 2 fully saturated rings. The van der Waals surface area contributed by atoms with E-state index in [4.69, 9.17) is 9.47 Å². The molecule has 0 aliphatic heterocycles. The summed E-state index contributed by atoms with van der Waals surface area (Å²) in [6.45, 7) is 0. The largest absolute Gasteiger partial charge is 0.493 e. The Balaban J connectivity index is 1.68. The molecule has 2 aliphatic carbocycles. The van der Waals surface area contributed by atoms with Gasteiger partial charge in [0.25, 0.3) is 0 Å². The van der Waals surface area contributed by atoms with Crippen molar-refractivity contribution in [1.29, 1.82) is 0 Å². The standard InChI is InChI=1S/C17H23BrO2/c1-19-16-6-4-12(10-17(16)20-2)9-15(18)14-8-11-3-5-13(14)7-11/h4,6,10-11,13-15H,3,5,7-9H2,1-2H3. The summed E-state index contributed by atoms with van der Waals surface area (Å²) in [5, 5.41) is 0. The van der Waals surface area contributed by atoms with Gasteiger partial charge in [-0.2, -0.15) is 0 Å². The lowest BCUT2D eigenvalue weighted by molar-refractivity contribution is 0.325. The lowest BCUT2D eigenvalue weighted by atomic mass is 9.84. The van der Waals surface area contributed by atoms with Gasteiger partial charge in [0.05, 0.1) is 14.2 Å². The van der Waals surface area contributed by atoms with Crippen molar-refractivity contribution in [3.8, 4) is 11.5 Å². The lowest BCUT2D eigenvalue weighted by Gasteiger charge is -2.26. The van der Waals surface area contributed by atoms with Gasteiger partial charge < -0.3 is 9.47 Å². The summed E-state index contributed by atoms with van der Waals surface area (Å²) in [4.78, 5) is 0.593. The molecule has 0 spiro atoms. The highest BCUT2D eigenvalue weighted by molar-refractivity contribution is 9.09. The molecule has 0 aromatic heterocycles. The van der Waals surface area contributed by atoms with Crippen LogP contribution < -0.4 is 9.47 Å². The third kappa shape index (κ3) is 2.69. The molecule has 1 aromatic carbocycles. The highest BCUT2D eigenvalue weighted by Gasteiger charge is 2.42. The predicted molar refractivity (Wildman–Crippen MR) is 84.9 cm³/mol. The van der Waals surface area contributed by atoms with Crippen molar-refractivity contribution in [3.63, 3.8) is 0 Å². The molecular weight excluding hydrogens is 316 g/mol. The molecule has 0 N–H and O–H groups in total. The normalized spacial score (nSPS) is 29.4. The van der Waals surface area contributed by atoms with E-state index in [1.807, 2.05) is 6.07 Å². The lowest BCUT2D eigenvalue weighted by Crippen LogP contribution is -2.22. The molecule has 0 radical (unpaired) electrons. The number of halogens is 1. The zero-order valence-electron chi connectivity index (χ0n) is 12.3. The third-order valence-electron chi connectivity index (χ3n) is 5.14. The molecule has 20 heavy (non-hydrogen) atoms. The van der Waals surface area contributed by atoms with Crippen LogP contribution in [0.3, 0.4) is 0 Å². The van der Waals surface area contributed by atoms with Crippen LogP contribution in [0.2, 0.25) is 0 Å². The highest BCUT2D eigenvalue weighted by atomic mass is 79.9. The van der Waals surface area contributed by atoms with Crippen LogP contribution in [0.15, 0.2) is 18.2 Å². The van der Waals surface area contributed by atoms with Crippen molar-refractivity contribution < 1.29 is 9.47 Å². The van der Waals surface area contributed by atoms with Gasteiger partial charge in [-0.3, -0.25) is 0 Å². The first-order chi connectivity index (χ1) is 9.71. The van der Waals surface area contributed by atoms with Crippen molar-refractivity contribution in [3.05, 3.63) is 23.8 Å². The number of hydrogen-bond donors (Lipinski definition) is 0. The first kappa shape index (κ1) is 14.2. The Morgan fingerprint density at radius 3 is 2.55 bits per heavy atom. The molecule has 4 atom stereocenters. The minimum Gasteiger partial charge on any atom is -0.493 e. The van der Waals surface area contributed by atoms with Crippen LogP contribution in [0.5, 0.6) is 11.5 Å². The molecule has 3 rings (SSSR count). The van der Waals surface area contributed by atoms with E-state index in [2.05, 4.69) is 28.1 Å². The maximum absolute atomic E-state index is 5.39. The van der Waals surface area contributed by atoms with Gasteiger partial charge in [-0.15, -0.1) is 0 Å². The van der Waals surface area contributed by atoms with E-state index in [9.17, 15) is 0 Å². The number of methoxy groups -OCH3 is 2. The molecule has 1 aromatic rings. The molecule has 2 bridgehead atoms. The second kappa shape index (κ2) is 5.97. The Morgan fingerprint density at radius 2 is 1.95 bits per heavy atom. The van der Waals surface area contributed by atoms with Gasteiger partial charge in [-0.05, 0) is 61.1 Å². The summed E-state index contributed by atoms with van der Waals surface area (Å²) in [7, 11) is 3.38. The first-order valence-electron chi connectivity index (χ1n) is 7.56. The minimum absolute atomic E-state index is 0.593. The number of alkyl halides is 1. The second-order valence-corrected chi connectivity index (χ2v) is 7.42. The van der Waals surface area contributed by atoms with Gasteiger partial charge in [0.2, 0.25) is 0 Å². The van der Waals surface area contributed by atoms with E-state index < -0.39 is 0 Å². The van der Waals surface area contributed by atoms with E-state index in [0.717, 1.165) is 35.7 Å². The van der Waals surface area contributed by atoms with Crippen LogP contribution in [0, 0.1) is 17.8 Å². The van der Waals surface area contributed by atoms with Crippen molar-refractivity contribution in [2.75, 3.05) is 14.2 Å². The number of rotatable bonds is 5. The predicted octanol–water partition coefficient (Wildman–Crippen LogP) is 4.45. The number of ether oxygens (including phenoxy) is 2. The summed E-state index contributed by atoms with van der Waals surface area (Å²) < 4.78 is 10.7. The van der Waals surface area contributed by atoms with Gasteiger partial charge in [0, 0.05) is 4.83 Å². The Morgan fingerprint density at radius 1 is 1.15 bits per heavy atom. The van der Waals surface area contributed by atoms with Crippen molar-refractivity contribution in [2.45, 2.75) is 36.9 Å². The number of benzene rings is 1. The zero-order valence-corrected chi connectivity index (χ0v) is 13.9. The summed E-state index contributed by atoms with van der Waals surface area (Å²) in [5.74, 6) is 4.47. The topological polar surface area (TPSA) is 18.5 Å². The molecule has 4 unspecified atom stereocenters. The summed E-state index contributed by atoms with van der Waals surface area (Å²) in [6, 6.07) is 6.28. The Hall–Kier alpha value is -0.700.